The molecule has 0 amide bonds. The molecule has 0 bridgehead atoms. The third-order valence-corrected chi connectivity index (χ3v) is 4.09. The lowest BCUT2D eigenvalue weighted by Crippen LogP contribution is -2.23. The zero-order chi connectivity index (χ0) is 15.0. The maximum absolute atomic E-state index is 13.1. The fourth-order valence-corrected chi connectivity index (χ4v) is 3.03. The number of hydrogen-bond donors (Lipinski definition) is 0. The van der Waals surface area contributed by atoms with Crippen molar-refractivity contribution in [3.8, 4) is 0 Å². The average Bonchev–Trinajstić information content (AvgIpc) is 2.82. The second-order valence-corrected chi connectivity index (χ2v) is 5.90. The van der Waals surface area contributed by atoms with Crippen LogP contribution in [-0.2, 0) is 0 Å². The van der Waals surface area contributed by atoms with E-state index in [-0.39, 0.29) is 17.8 Å². The molecule has 2 atom stereocenters. The third kappa shape index (κ3) is 2.76. The first-order valence-corrected chi connectivity index (χ1v) is 7.35. The van der Waals surface area contributed by atoms with Gasteiger partial charge < -0.3 is 0 Å². The summed E-state index contributed by atoms with van der Waals surface area (Å²) >= 11 is 12.2. The van der Waals surface area contributed by atoms with Crippen LogP contribution in [0.5, 0.6) is 0 Å². The molecule has 1 aliphatic rings. The summed E-state index contributed by atoms with van der Waals surface area (Å²) < 4.78 is 13.1. The van der Waals surface area contributed by atoms with Crippen molar-refractivity contribution in [1.29, 1.82) is 0 Å². The molecule has 2 nitrogen and oxygen atoms in total. The summed E-state index contributed by atoms with van der Waals surface area (Å²) in [6.45, 7) is 2.07. The van der Waals surface area contributed by atoms with Crippen molar-refractivity contribution in [1.82, 2.24) is 0 Å². The van der Waals surface area contributed by atoms with Crippen molar-refractivity contribution < 1.29 is 4.39 Å². The van der Waals surface area contributed by atoms with Crippen molar-refractivity contribution in [2.75, 3.05) is 5.01 Å². The van der Waals surface area contributed by atoms with E-state index in [4.69, 9.17) is 23.2 Å². The molecule has 3 rings (SSSR count). The molecule has 0 spiro atoms. The number of anilines is 1. The molecule has 1 heterocycles. The standard InChI is InChI=1S/C16H13Cl2FN2/c1-10-9-20-21(15-7-4-12(17)8-14(15)18)16(10)11-2-5-13(19)6-3-11/h2-10,16H,1H3. The van der Waals surface area contributed by atoms with E-state index >= 15 is 0 Å². The van der Waals surface area contributed by atoms with Crippen molar-refractivity contribution >= 4 is 35.1 Å². The Morgan fingerprint density at radius 3 is 2.48 bits per heavy atom. The Labute approximate surface area is 132 Å². The van der Waals surface area contributed by atoms with Gasteiger partial charge in [0.15, 0.2) is 0 Å². The lowest BCUT2D eigenvalue weighted by molar-refractivity contribution is 0.586. The topological polar surface area (TPSA) is 15.6 Å². The summed E-state index contributed by atoms with van der Waals surface area (Å²) in [7, 11) is 0. The highest BCUT2D eigenvalue weighted by molar-refractivity contribution is 6.36. The predicted molar refractivity (Wildman–Crippen MR) is 85.7 cm³/mol. The average molecular weight is 323 g/mol. The van der Waals surface area contributed by atoms with E-state index in [2.05, 4.69) is 12.0 Å². The lowest BCUT2D eigenvalue weighted by Gasteiger charge is -2.27. The van der Waals surface area contributed by atoms with Gasteiger partial charge in [0.25, 0.3) is 0 Å². The molecule has 0 aromatic heterocycles. The smallest absolute Gasteiger partial charge is 0.123 e. The van der Waals surface area contributed by atoms with Crippen LogP contribution in [-0.4, -0.2) is 6.21 Å². The molecule has 0 radical (unpaired) electrons. The van der Waals surface area contributed by atoms with E-state index in [0.29, 0.717) is 10.0 Å². The summed E-state index contributed by atoms with van der Waals surface area (Å²) in [6.07, 6.45) is 1.87. The third-order valence-electron chi connectivity index (χ3n) is 3.56. The molecule has 2 unspecified atom stereocenters. The Morgan fingerprint density at radius 1 is 1.10 bits per heavy atom. The van der Waals surface area contributed by atoms with Crippen LogP contribution in [0.1, 0.15) is 18.5 Å². The quantitative estimate of drug-likeness (QED) is 0.731. The molecule has 0 N–H and O–H groups in total. The van der Waals surface area contributed by atoms with Crippen LogP contribution in [0.25, 0.3) is 0 Å². The Balaban J connectivity index is 2.00. The van der Waals surface area contributed by atoms with E-state index in [1.54, 1.807) is 24.3 Å². The monoisotopic (exact) mass is 322 g/mol. The molecule has 2 aromatic rings. The summed E-state index contributed by atoms with van der Waals surface area (Å²) in [5.74, 6) is -0.0522. The highest BCUT2D eigenvalue weighted by Crippen LogP contribution is 2.40. The van der Waals surface area contributed by atoms with Crippen molar-refractivity contribution in [2.24, 2.45) is 11.0 Å². The van der Waals surface area contributed by atoms with Gasteiger partial charge in [-0.1, -0.05) is 42.3 Å². The van der Waals surface area contributed by atoms with Gasteiger partial charge in [-0.2, -0.15) is 5.10 Å². The first-order chi connectivity index (χ1) is 10.1. The number of hydrazone groups is 1. The van der Waals surface area contributed by atoms with Gasteiger partial charge in [-0.3, -0.25) is 5.01 Å². The Hall–Kier alpha value is -1.58. The SMILES string of the molecule is CC1C=NN(c2ccc(Cl)cc2Cl)C1c1ccc(F)cc1. The van der Waals surface area contributed by atoms with Crippen LogP contribution in [0, 0.1) is 11.7 Å². The Morgan fingerprint density at radius 2 is 1.81 bits per heavy atom. The predicted octanol–water partition coefficient (Wildman–Crippen LogP) is 5.32. The highest BCUT2D eigenvalue weighted by atomic mass is 35.5. The Bertz CT molecular complexity index is 685. The van der Waals surface area contributed by atoms with Gasteiger partial charge in [0.05, 0.1) is 16.8 Å². The van der Waals surface area contributed by atoms with Gasteiger partial charge in [0, 0.05) is 17.2 Å². The number of benzene rings is 2. The van der Waals surface area contributed by atoms with E-state index in [9.17, 15) is 4.39 Å². The second-order valence-electron chi connectivity index (χ2n) is 5.06. The molecular weight excluding hydrogens is 310 g/mol. The van der Waals surface area contributed by atoms with Crippen LogP contribution < -0.4 is 5.01 Å². The largest absolute Gasteiger partial charge is 0.256 e. The van der Waals surface area contributed by atoms with Gasteiger partial charge in [-0.15, -0.1) is 0 Å². The van der Waals surface area contributed by atoms with Gasteiger partial charge >= 0.3 is 0 Å². The maximum Gasteiger partial charge on any atom is 0.123 e. The normalized spacial score (nSPS) is 21.0. The van der Waals surface area contributed by atoms with Gasteiger partial charge in [0.1, 0.15) is 5.82 Å². The number of hydrogen-bond acceptors (Lipinski definition) is 2. The minimum absolute atomic E-state index is 0.00993. The molecule has 1 aliphatic heterocycles. The fourth-order valence-electron chi connectivity index (χ4n) is 2.54. The fraction of sp³-hybridized carbons (Fsp3) is 0.188. The number of rotatable bonds is 2. The van der Waals surface area contributed by atoms with E-state index in [1.807, 2.05) is 17.3 Å². The van der Waals surface area contributed by atoms with Gasteiger partial charge in [0.2, 0.25) is 0 Å². The zero-order valence-corrected chi connectivity index (χ0v) is 12.8. The first kappa shape index (κ1) is 14.4. The molecule has 0 fully saturated rings. The molecule has 108 valence electrons. The number of halogens is 3. The van der Waals surface area contributed by atoms with Crippen LogP contribution in [0.2, 0.25) is 10.0 Å². The van der Waals surface area contributed by atoms with Crippen LogP contribution in [0.15, 0.2) is 47.6 Å². The minimum Gasteiger partial charge on any atom is -0.256 e. The van der Waals surface area contributed by atoms with Gasteiger partial charge in [-0.05, 0) is 35.9 Å². The van der Waals surface area contributed by atoms with Crippen LogP contribution in [0.3, 0.4) is 0 Å². The van der Waals surface area contributed by atoms with E-state index < -0.39 is 0 Å². The summed E-state index contributed by atoms with van der Waals surface area (Å²) in [5.41, 5.74) is 1.78. The van der Waals surface area contributed by atoms with Crippen molar-refractivity contribution in [2.45, 2.75) is 13.0 Å². The molecule has 0 saturated heterocycles. The molecule has 0 saturated carbocycles. The van der Waals surface area contributed by atoms with Crippen LogP contribution in [0.4, 0.5) is 10.1 Å². The zero-order valence-electron chi connectivity index (χ0n) is 11.3. The summed E-state index contributed by atoms with van der Waals surface area (Å²) in [4.78, 5) is 0. The highest BCUT2D eigenvalue weighted by Gasteiger charge is 2.31. The summed E-state index contributed by atoms with van der Waals surface area (Å²) in [5, 5.41) is 7.43. The van der Waals surface area contributed by atoms with E-state index in [1.165, 1.54) is 12.1 Å². The summed E-state index contributed by atoms with van der Waals surface area (Å²) in [6, 6.07) is 11.8. The lowest BCUT2D eigenvalue weighted by atomic mass is 9.95. The van der Waals surface area contributed by atoms with Crippen LogP contribution >= 0.6 is 23.2 Å². The van der Waals surface area contributed by atoms with Gasteiger partial charge in [-0.25, -0.2) is 4.39 Å². The molecule has 5 heteroatoms. The Kier molecular flexibility index (Phi) is 3.87. The molecule has 0 aliphatic carbocycles. The van der Waals surface area contributed by atoms with Crippen molar-refractivity contribution in [3.05, 3.63) is 63.9 Å². The molecular formula is C16H13Cl2FN2. The van der Waals surface area contributed by atoms with Crippen molar-refractivity contribution in [3.63, 3.8) is 0 Å². The number of nitrogens with zero attached hydrogens (tertiary/aromatic N) is 2. The van der Waals surface area contributed by atoms with E-state index in [0.717, 1.165) is 11.3 Å². The first-order valence-electron chi connectivity index (χ1n) is 6.60. The minimum atomic E-state index is -0.249. The maximum atomic E-state index is 13.1. The molecule has 2 aromatic carbocycles. The molecule has 21 heavy (non-hydrogen) atoms. The second kappa shape index (κ2) is 5.66.